The van der Waals surface area contributed by atoms with Gasteiger partial charge in [0.05, 0.1) is 0 Å². The highest BCUT2D eigenvalue weighted by atomic mass is 32.2. The van der Waals surface area contributed by atoms with Gasteiger partial charge in [-0.3, -0.25) is 0 Å². The van der Waals surface area contributed by atoms with Gasteiger partial charge >= 0.3 is 0 Å². The molecule has 13 heavy (non-hydrogen) atoms. The van der Waals surface area contributed by atoms with Gasteiger partial charge in [-0.25, -0.2) is 4.98 Å². The van der Waals surface area contributed by atoms with Gasteiger partial charge in [-0.05, 0) is 11.4 Å². The van der Waals surface area contributed by atoms with Crippen molar-refractivity contribution >= 4 is 23.1 Å². The molecule has 2 rings (SSSR count). The van der Waals surface area contributed by atoms with Crippen LogP contribution in [0.3, 0.4) is 0 Å². The fraction of sp³-hybridized carbons (Fsp3) is 0.222. The van der Waals surface area contributed by atoms with E-state index in [9.17, 15) is 0 Å². The lowest BCUT2D eigenvalue weighted by Crippen LogP contribution is -1.88. The van der Waals surface area contributed by atoms with E-state index in [0.717, 1.165) is 10.9 Å². The summed E-state index contributed by atoms with van der Waals surface area (Å²) in [5.74, 6) is 1.02. The van der Waals surface area contributed by atoms with Crippen LogP contribution in [0.25, 0.3) is 0 Å². The normalized spacial score (nSPS) is 10.5. The third kappa shape index (κ3) is 2.14. The zero-order valence-electron chi connectivity index (χ0n) is 7.30. The van der Waals surface area contributed by atoms with E-state index in [4.69, 9.17) is 0 Å². The van der Waals surface area contributed by atoms with Gasteiger partial charge in [0.25, 0.3) is 0 Å². The van der Waals surface area contributed by atoms with Crippen LogP contribution in [0.1, 0.15) is 4.88 Å². The second-order valence-electron chi connectivity index (χ2n) is 2.69. The Morgan fingerprint density at radius 1 is 1.62 bits per heavy atom. The van der Waals surface area contributed by atoms with Crippen molar-refractivity contribution in [3.63, 3.8) is 0 Å². The van der Waals surface area contributed by atoms with Crippen molar-refractivity contribution in [1.29, 1.82) is 0 Å². The molecule has 0 atom stereocenters. The number of aryl methyl sites for hydroxylation is 1. The van der Waals surface area contributed by atoms with E-state index in [1.807, 2.05) is 24.0 Å². The van der Waals surface area contributed by atoms with E-state index in [2.05, 4.69) is 22.5 Å². The zero-order valence-corrected chi connectivity index (χ0v) is 8.94. The molecule has 0 saturated carbocycles. The van der Waals surface area contributed by atoms with Crippen LogP contribution in [0, 0.1) is 0 Å². The number of imidazole rings is 1. The van der Waals surface area contributed by atoms with Gasteiger partial charge < -0.3 is 4.57 Å². The summed E-state index contributed by atoms with van der Waals surface area (Å²) in [5, 5.41) is 3.18. The lowest BCUT2D eigenvalue weighted by molar-refractivity contribution is 0.790. The molecule has 0 unspecified atom stereocenters. The summed E-state index contributed by atoms with van der Waals surface area (Å²) in [7, 11) is 2.02. The first-order valence-electron chi connectivity index (χ1n) is 3.99. The maximum absolute atomic E-state index is 4.25. The Morgan fingerprint density at radius 2 is 2.54 bits per heavy atom. The first-order chi connectivity index (χ1) is 6.36. The van der Waals surface area contributed by atoms with Crippen molar-refractivity contribution in [2.75, 3.05) is 0 Å². The number of hydrogen-bond donors (Lipinski definition) is 0. The van der Waals surface area contributed by atoms with E-state index in [1.54, 1.807) is 23.1 Å². The van der Waals surface area contributed by atoms with Crippen LogP contribution in [-0.2, 0) is 12.8 Å². The second-order valence-corrected chi connectivity index (χ2v) is 4.66. The third-order valence-electron chi connectivity index (χ3n) is 1.70. The Hall–Kier alpha value is -0.740. The topological polar surface area (TPSA) is 17.8 Å². The zero-order chi connectivity index (χ0) is 9.10. The smallest absolute Gasteiger partial charge is 0.168 e. The molecule has 0 aliphatic carbocycles. The van der Waals surface area contributed by atoms with Gasteiger partial charge in [0.2, 0.25) is 0 Å². The minimum atomic E-state index is 1.02. The SMILES string of the molecule is Cn1ccnc1SCc1cccs1. The van der Waals surface area contributed by atoms with Crippen molar-refractivity contribution in [3.05, 3.63) is 34.8 Å². The summed E-state index contributed by atoms with van der Waals surface area (Å²) in [6, 6.07) is 4.24. The first kappa shape index (κ1) is 8.84. The quantitative estimate of drug-likeness (QED) is 0.725. The average molecular weight is 210 g/mol. The predicted molar refractivity (Wildman–Crippen MR) is 57.1 cm³/mol. The summed E-state index contributed by atoms with van der Waals surface area (Å²) in [6.45, 7) is 0. The van der Waals surface area contributed by atoms with Gasteiger partial charge in [-0.2, -0.15) is 0 Å². The number of hydrogen-bond acceptors (Lipinski definition) is 3. The standard InChI is InChI=1S/C9H10N2S2/c1-11-5-4-10-9(11)13-7-8-3-2-6-12-8/h2-6H,7H2,1H3. The summed E-state index contributed by atoms with van der Waals surface area (Å²) in [6.07, 6.45) is 3.80. The van der Waals surface area contributed by atoms with Gasteiger partial charge in [-0.1, -0.05) is 17.8 Å². The van der Waals surface area contributed by atoms with Crippen LogP contribution in [0.15, 0.2) is 35.1 Å². The van der Waals surface area contributed by atoms with Gasteiger partial charge in [0.1, 0.15) is 0 Å². The maximum atomic E-state index is 4.25. The van der Waals surface area contributed by atoms with Gasteiger partial charge in [0, 0.05) is 30.1 Å². The van der Waals surface area contributed by atoms with Crippen LogP contribution >= 0.6 is 23.1 Å². The fourth-order valence-electron chi connectivity index (χ4n) is 1.02. The number of aromatic nitrogens is 2. The summed E-state index contributed by atoms with van der Waals surface area (Å²) >= 11 is 3.57. The largest absolute Gasteiger partial charge is 0.329 e. The average Bonchev–Trinajstić information content (AvgIpc) is 2.72. The minimum Gasteiger partial charge on any atom is -0.329 e. The Morgan fingerprint density at radius 3 is 3.15 bits per heavy atom. The molecule has 0 spiro atoms. The highest BCUT2D eigenvalue weighted by Gasteiger charge is 2.00. The van der Waals surface area contributed by atoms with Gasteiger partial charge in [0.15, 0.2) is 5.16 Å². The lowest BCUT2D eigenvalue weighted by atomic mass is 10.5. The van der Waals surface area contributed by atoms with Crippen molar-refractivity contribution in [2.24, 2.45) is 7.05 Å². The molecule has 0 amide bonds. The minimum absolute atomic E-state index is 1.02. The second kappa shape index (κ2) is 3.98. The Kier molecular flexibility index (Phi) is 2.71. The van der Waals surface area contributed by atoms with Crippen molar-refractivity contribution < 1.29 is 0 Å². The molecule has 0 bridgehead atoms. The fourth-order valence-corrected chi connectivity index (χ4v) is 2.73. The van der Waals surface area contributed by atoms with E-state index >= 15 is 0 Å². The molecule has 0 aliphatic heterocycles. The maximum Gasteiger partial charge on any atom is 0.168 e. The Bertz CT molecular complexity index is 365. The number of thioether (sulfide) groups is 1. The molecule has 2 nitrogen and oxygen atoms in total. The predicted octanol–water partition coefficient (Wildman–Crippen LogP) is 2.77. The first-order valence-corrected chi connectivity index (χ1v) is 5.85. The van der Waals surface area contributed by atoms with Crippen LogP contribution in [0.5, 0.6) is 0 Å². The molecule has 0 aliphatic rings. The van der Waals surface area contributed by atoms with Crippen LogP contribution in [-0.4, -0.2) is 9.55 Å². The van der Waals surface area contributed by atoms with E-state index in [0.29, 0.717) is 0 Å². The number of rotatable bonds is 3. The molecule has 0 N–H and O–H groups in total. The summed E-state index contributed by atoms with van der Waals surface area (Å²) in [4.78, 5) is 5.64. The molecule has 2 heterocycles. The number of nitrogens with zero attached hydrogens (tertiary/aromatic N) is 2. The molecule has 4 heteroatoms. The third-order valence-corrected chi connectivity index (χ3v) is 3.87. The number of thiophene rings is 1. The molecule has 0 aromatic carbocycles. The summed E-state index contributed by atoms with van der Waals surface area (Å²) < 4.78 is 2.04. The van der Waals surface area contributed by atoms with E-state index in [-0.39, 0.29) is 0 Å². The molecule has 68 valence electrons. The van der Waals surface area contributed by atoms with Crippen molar-refractivity contribution in [3.8, 4) is 0 Å². The molecular weight excluding hydrogens is 200 g/mol. The Labute approximate surface area is 85.6 Å². The highest BCUT2D eigenvalue weighted by Crippen LogP contribution is 2.22. The van der Waals surface area contributed by atoms with Crippen LogP contribution < -0.4 is 0 Å². The van der Waals surface area contributed by atoms with E-state index in [1.165, 1.54) is 4.88 Å². The Balaban J connectivity index is 1.97. The molecule has 2 aromatic heterocycles. The van der Waals surface area contributed by atoms with Crippen molar-refractivity contribution in [1.82, 2.24) is 9.55 Å². The molecule has 0 saturated heterocycles. The molecule has 0 radical (unpaired) electrons. The lowest BCUT2D eigenvalue weighted by Gasteiger charge is -1.98. The monoisotopic (exact) mass is 210 g/mol. The molecule has 0 fully saturated rings. The van der Waals surface area contributed by atoms with E-state index < -0.39 is 0 Å². The molecule has 2 aromatic rings. The van der Waals surface area contributed by atoms with Crippen molar-refractivity contribution in [2.45, 2.75) is 10.9 Å². The van der Waals surface area contributed by atoms with Gasteiger partial charge in [-0.15, -0.1) is 11.3 Å². The summed E-state index contributed by atoms with van der Waals surface area (Å²) in [5.41, 5.74) is 0. The van der Waals surface area contributed by atoms with Crippen LogP contribution in [0.4, 0.5) is 0 Å². The van der Waals surface area contributed by atoms with Crippen LogP contribution in [0.2, 0.25) is 0 Å². The highest BCUT2D eigenvalue weighted by molar-refractivity contribution is 7.98. The molecular formula is C9H10N2S2.